The van der Waals surface area contributed by atoms with Crippen LogP contribution in [0.15, 0.2) is 41.3 Å². The Morgan fingerprint density at radius 2 is 1.90 bits per heavy atom. The number of anilines is 1. The van der Waals surface area contributed by atoms with Crippen LogP contribution in [0.2, 0.25) is 0 Å². The lowest BCUT2D eigenvalue weighted by atomic mass is 10.3. The summed E-state index contributed by atoms with van der Waals surface area (Å²) in [5.41, 5.74) is 0.663. The Bertz CT molecular complexity index is 694. The van der Waals surface area contributed by atoms with Crippen molar-refractivity contribution < 1.29 is 8.42 Å². The fourth-order valence-corrected chi connectivity index (χ4v) is 4.81. The van der Waals surface area contributed by atoms with Crippen molar-refractivity contribution in [2.75, 3.05) is 17.9 Å². The van der Waals surface area contributed by atoms with Crippen molar-refractivity contribution >= 4 is 27.0 Å². The fourth-order valence-electron chi connectivity index (χ4n) is 2.04. The van der Waals surface area contributed by atoms with E-state index in [4.69, 9.17) is 0 Å². The third kappa shape index (κ3) is 3.45. The molecule has 2 aromatic rings. The number of benzene rings is 1. The van der Waals surface area contributed by atoms with Gasteiger partial charge in [-0.25, -0.2) is 8.42 Å². The summed E-state index contributed by atoms with van der Waals surface area (Å²) in [5.74, 6) is 0. The van der Waals surface area contributed by atoms with E-state index in [9.17, 15) is 8.42 Å². The zero-order valence-electron chi connectivity index (χ0n) is 12.5. The monoisotopic (exact) mass is 324 g/mol. The number of hydrogen-bond acceptors (Lipinski definition) is 4. The van der Waals surface area contributed by atoms with Gasteiger partial charge in [0.15, 0.2) is 0 Å². The smallest absolute Gasteiger partial charge is 0.265 e. The van der Waals surface area contributed by atoms with Gasteiger partial charge in [-0.3, -0.25) is 4.31 Å². The second-order valence-corrected chi connectivity index (χ2v) is 8.00. The van der Waals surface area contributed by atoms with Crippen LogP contribution in [0.3, 0.4) is 0 Å². The van der Waals surface area contributed by atoms with Crippen LogP contribution >= 0.6 is 11.3 Å². The van der Waals surface area contributed by atoms with Crippen LogP contribution in [0, 0.1) is 6.92 Å². The molecule has 0 radical (unpaired) electrons. The van der Waals surface area contributed by atoms with E-state index in [2.05, 4.69) is 5.32 Å². The Morgan fingerprint density at radius 3 is 2.52 bits per heavy atom. The Morgan fingerprint density at radius 1 is 1.24 bits per heavy atom. The largest absolute Gasteiger partial charge is 0.312 e. The molecule has 0 aliphatic heterocycles. The van der Waals surface area contributed by atoms with Crippen molar-refractivity contribution in [3.05, 3.63) is 46.2 Å². The minimum Gasteiger partial charge on any atom is -0.312 e. The predicted octanol–water partition coefficient (Wildman–Crippen LogP) is 2.99. The van der Waals surface area contributed by atoms with Gasteiger partial charge >= 0.3 is 0 Å². The molecule has 1 aromatic carbocycles. The molecular weight excluding hydrogens is 304 g/mol. The molecule has 4 nitrogen and oxygen atoms in total. The number of aryl methyl sites for hydroxylation is 1. The lowest BCUT2D eigenvalue weighted by Crippen LogP contribution is -2.26. The summed E-state index contributed by atoms with van der Waals surface area (Å²) in [6.07, 6.45) is 0. The lowest BCUT2D eigenvalue weighted by Gasteiger charge is -2.19. The van der Waals surface area contributed by atoms with E-state index in [1.54, 1.807) is 25.2 Å². The first-order chi connectivity index (χ1) is 9.96. The summed E-state index contributed by atoms with van der Waals surface area (Å²) in [6.45, 7) is 5.45. The molecule has 21 heavy (non-hydrogen) atoms. The predicted molar refractivity (Wildman–Crippen MR) is 88.5 cm³/mol. The maximum Gasteiger partial charge on any atom is 0.265 e. The van der Waals surface area contributed by atoms with Crippen molar-refractivity contribution in [3.63, 3.8) is 0 Å². The number of nitrogens with one attached hydrogen (secondary N) is 1. The van der Waals surface area contributed by atoms with Crippen LogP contribution in [0.5, 0.6) is 0 Å². The van der Waals surface area contributed by atoms with Crippen LogP contribution in [0.25, 0.3) is 0 Å². The molecule has 0 spiro atoms. The minimum atomic E-state index is -3.51. The number of nitrogens with zero attached hydrogens (tertiary/aromatic N) is 1. The van der Waals surface area contributed by atoms with Crippen molar-refractivity contribution in [1.82, 2.24) is 5.32 Å². The van der Waals surface area contributed by atoms with Crippen molar-refractivity contribution in [2.45, 2.75) is 25.3 Å². The Balaban J connectivity index is 2.33. The van der Waals surface area contributed by atoms with Gasteiger partial charge in [-0.15, -0.1) is 11.3 Å². The van der Waals surface area contributed by atoms with Gasteiger partial charge in [-0.1, -0.05) is 25.1 Å². The van der Waals surface area contributed by atoms with Crippen molar-refractivity contribution in [3.8, 4) is 0 Å². The van der Waals surface area contributed by atoms with Crippen LogP contribution in [-0.4, -0.2) is 22.0 Å². The van der Waals surface area contributed by atoms with E-state index in [1.807, 2.05) is 32.0 Å². The van der Waals surface area contributed by atoms with E-state index in [-0.39, 0.29) is 0 Å². The minimum absolute atomic E-state index is 0.395. The zero-order chi connectivity index (χ0) is 15.5. The summed E-state index contributed by atoms with van der Waals surface area (Å²) in [4.78, 5) is 2.26. The van der Waals surface area contributed by atoms with E-state index >= 15 is 0 Å². The number of rotatable bonds is 6. The number of thiophene rings is 1. The molecule has 2 rings (SSSR count). The highest BCUT2D eigenvalue weighted by Gasteiger charge is 2.25. The number of sulfonamides is 1. The Kier molecular flexibility index (Phi) is 5.03. The maximum absolute atomic E-state index is 12.8. The molecule has 0 bridgehead atoms. The topological polar surface area (TPSA) is 49.4 Å². The first-order valence-corrected chi connectivity index (χ1v) is 9.06. The second-order valence-electron chi connectivity index (χ2n) is 4.72. The second kappa shape index (κ2) is 6.60. The molecule has 0 aliphatic rings. The van der Waals surface area contributed by atoms with E-state index in [1.165, 1.54) is 15.6 Å². The maximum atomic E-state index is 12.8. The van der Waals surface area contributed by atoms with Gasteiger partial charge in [0.25, 0.3) is 10.0 Å². The van der Waals surface area contributed by atoms with Crippen LogP contribution in [0.4, 0.5) is 5.69 Å². The highest BCUT2D eigenvalue weighted by atomic mass is 32.2. The molecule has 114 valence electrons. The molecule has 0 saturated carbocycles. The Hall–Kier alpha value is -1.37. The van der Waals surface area contributed by atoms with Crippen molar-refractivity contribution in [2.24, 2.45) is 0 Å². The molecule has 1 N–H and O–H groups in total. The lowest BCUT2D eigenvalue weighted by molar-refractivity contribution is 0.594. The van der Waals surface area contributed by atoms with E-state index in [0.29, 0.717) is 17.1 Å². The van der Waals surface area contributed by atoms with E-state index < -0.39 is 10.0 Å². The normalized spacial score (nSPS) is 11.6. The molecule has 1 aromatic heterocycles. The SMILES string of the molecule is CCNCc1cc(S(=O)(=O)N(C)c2ccccc2)c(C)s1. The number of para-hydroxylation sites is 1. The summed E-state index contributed by atoms with van der Waals surface area (Å²) in [5, 5.41) is 3.22. The molecule has 1 heterocycles. The molecule has 0 atom stereocenters. The van der Waals surface area contributed by atoms with Crippen LogP contribution in [0.1, 0.15) is 16.7 Å². The van der Waals surface area contributed by atoms with E-state index in [0.717, 1.165) is 16.3 Å². The average molecular weight is 324 g/mol. The summed E-state index contributed by atoms with van der Waals surface area (Å²) < 4.78 is 26.8. The zero-order valence-corrected chi connectivity index (χ0v) is 14.1. The molecule has 0 aliphatic carbocycles. The first-order valence-electron chi connectivity index (χ1n) is 6.80. The van der Waals surface area contributed by atoms with Crippen molar-refractivity contribution in [1.29, 1.82) is 0 Å². The summed E-state index contributed by atoms with van der Waals surface area (Å²) in [6, 6.07) is 10.9. The standard InChI is InChI=1S/C15H20N2O2S2/c1-4-16-11-14-10-15(12(2)20-14)21(18,19)17(3)13-8-6-5-7-9-13/h5-10,16H,4,11H2,1-3H3. The molecule has 0 unspecified atom stereocenters. The van der Waals surface area contributed by atoms with Gasteiger partial charge in [0, 0.05) is 23.3 Å². The molecule has 0 amide bonds. The summed E-state index contributed by atoms with van der Waals surface area (Å²) in [7, 11) is -1.92. The van der Waals surface area contributed by atoms with Gasteiger partial charge in [0.2, 0.25) is 0 Å². The Labute approximate surface area is 130 Å². The quantitative estimate of drug-likeness (QED) is 0.888. The third-order valence-corrected chi connectivity index (χ3v) is 6.32. The first kappa shape index (κ1) is 16.0. The fraction of sp³-hybridized carbons (Fsp3) is 0.333. The highest BCUT2D eigenvalue weighted by Crippen LogP contribution is 2.29. The van der Waals surface area contributed by atoms with Crippen LogP contribution < -0.4 is 9.62 Å². The van der Waals surface area contributed by atoms with Crippen LogP contribution in [-0.2, 0) is 16.6 Å². The van der Waals surface area contributed by atoms with Gasteiger partial charge in [0.1, 0.15) is 4.90 Å². The van der Waals surface area contributed by atoms with Gasteiger partial charge in [0.05, 0.1) is 5.69 Å². The highest BCUT2D eigenvalue weighted by molar-refractivity contribution is 7.93. The molecule has 0 saturated heterocycles. The molecular formula is C15H20N2O2S2. The third-order valence-electron chi connectivity index (χ3n) is 3.23. The molecule has 0 fully saturated rings. The van der Waals surface area contributed by atoms with Gasteiger partial charge in [-0.2, -0.15) is 0 Å². The van der Waals surface area contributed by atoms with Gasteiger partial charge in [-0.05, 0) is 31.7 Å². The summed E-state index contributed by atoms with van der Waals surface area (Å²) >= 11 is 1.53. The average Bonchev–Trinajstić information content (AvgIpc) is 2.87. The van der Waals surface area contributed by atoms with Gasteiger partial charge < -0.3 is 5.32 Å². The number of hydrogen-bond donors (Lipinski definition) is 1. The molecule has 6 heteroatoms.